The molecule has 2 heterocycles. The number of likely N-dealkylation sites (N-methyl/N-ethyl adjacent to an activating group) is 1. The summed E-state index contributed by atoms with van der Waals surface area (Å²) in [5, 5.41) is 17.7. The van der Waals surface area contributed by atoms with Crippen molar-refractivity contribution in [2.24, 2.45) is 0 Å². The Bertz CT molecular complexity index is 1400. The van der Waals surface area contributed by atoms with Crippen molar-refractivity contribution in [3.63, 3.8) is 0 Å². The number of aromatic carboxylic acids is 1. The maximum atomic E-state index is 13.0. The molecular formula is C27H30N6O6. The molecule has 1 fully saturated rings. The third-order valence-corrected chi connectivity index (χ3v) is 6.68. The van der Waals surface area contributed by atoms with Crippen molar-refractivity contribution >= 4 is 52.4 Å². The predicted molar refractivity (Wildman–Crippen MR) is 145 cm³/mol. The molecule has 39 heavy (non-hydrogen) atoms. The van der Waals surface area contributed by atoms with Gasteiger partial charge in [-0.25, -0.2) is 9.59 Å². The summed E-state index contributed by atoms with van der Waals surface area (Å²) in [6.07, 6.45) is 1.10. The highest BCUT2D eigenvalue weighted by molar-refractivity contribution is 6.24. The molecule has 2 aromatic carbocycles. The van der Waals surface area contributed by atoms with E-state index in [4.69, 9.17) is 5.11 Å². The van der Waals surface area contributed by atoms with Crippen LogP contribution in [0.5, 0.6) is 0 Å². The van der Waals surface area contributed by atoms with Crippen LogP contribution in [0.1, 0.15) is 22.5 Å². The van der Waals surface area contributed by atoms with E-state index >= 15 is 0 Å². The third kappa shape index (κ3) is 6.79. The van der Waals surface area contributed by atoms with Crippen LogP contribution >= 0.6 is 0 Å². The minimum Gasteiger partial charge on any atom is -0.477 e. The van der Waals surface area contributed by atoms with E-state index in [0.29, 0.717) is 47.0 Å². The molecule has 3 aromatic rings. The molecule has 0 saturated carbocycles. The number of benzene rings is 2. The molecule has 4 rings (SSSR count). The summed E-state index contributed by atoms with van der Waals surface area (Å²) >= 11 is 0. The molecule has 0 radical (unpaired) electrons. The maximum absolute atomic E-state index is 13.0. The van der Waals surface area contributed by atoms with E-state index in [1.54, 1.807) is 47.4 Å². The Morgan fingerprint density at radius 1 is 1.08 bits per heavy atom. The van der Waals surface area contributed by atoms with Crippen LogP contribution in [0.4, 0.5) is 16.2 Å². The van der Waals surface area contributed by atoms with E-state index in [1.165, 1.54) is 6.07 Å². The van der Waals surface area contributed by atoms with Crippen molar-refractivity contribution < 1.29 is 29.1 Å². The average molecular weight is 535 g/mol. The molecule has 1 aliphatic rings. The summed E-state index contributed by atoms with van der Waals surface area (Å²) in [5.41, 5.74) is 2.29. The number of anilines is 2. The fourth-order valence-corrected chi connectivity index (χ4v) is 4.48. The minimum atomic E-state index is -1.10. The lowest BCUT2D eigenvalue weighted by Gasteiger charge is -2.21. The number of urea groups is 1. The van der Waals surface area contributed by atoms with Gasteiger partial charge in [0.25, 0.3) is 5.91 Å². The number of carboxylic acids is 1. The number of carbonyl (C=O) groups is 5. The number of hydrogen-bond acceptors (Lipinski definition) is 6. The zero-order valence-corrected chi connectivity index (χ0v) is 21.6. The Balaban J connectivity index is 1.41. The highest BCUT2D eigenvalue weighted by Crippen LogP contribution is 2.21. The number of carboxylic acid groups (broad SMARTS) is 1. The molecular weight excluding hydrogens is 504 g/mol. The lowest BCUT2D eigenvalue weighted by Crippen LogP contribution is -2.45. The molecule has 2 unspecified atom stereocenters. The first-order valence-electron chi connectivity index (χ1n) is 12.4. The number of hydrogen-bond donors (Lipinski definition) is 5. The lowest BCUT2D eigenvalue weighted by atomic mass is 10.0. The number of H-pyrrole nitrogens is 1. The van der Waals surface area contributed by atoms with E-state index in [-0.39, 0.29) is 24.4 Å². The Morgan fingerprint density at radius 3 is 2.44 bits per heavy atom. The first-order valence-corrected chi connectivity index (χ1v) is 12.4. The number of rotatable bonds is 9. The number of fused-ring (bicyclic) bond motifs is 1. The number of aromatic amines is 1. The van der Waals surface area contributed by atoms with E-state index < -0.39 is 23.8 Å². The molecule has 4 amide bonds. The highest BCUT2D eigenvalue weighted by Gasteiger charge is 2.27. The molecule has 5 N–H and O–H groups in total. The fraction of sp³-hybridized carbons (Fsp3) is 0.296. The predicted octanol–water partition coefficient (Wildman–Crippen LogP) is 1.90. The second kappa shape index (κ2) is 11.8. The van der Waals surface area contributed by atoms with E-state index in [0.717, 1.165) is 6.42 Å². The van der Waals surface area contributed by atoms with Crippen molar-refractivity contribution in [1.29, 1.82) is 0 Å². The highest BCUT2D eigenvalue weighted by atomic mass is 16.4. The quantitative estimate of drug-likeness (QED) is 0.207. The Hall–Kier alpha value is -4.71. The van der Waals surface area contributed by atoms with Gasteiger partial charge < -0.3 is 35.8 Å². The molecule has 1 aromatic heterocycles. The van der Waals surface area contributed by atoms with Gasteiger partial charge in [0.05, 0.1) is 0 Å². The van der Waals surface area contributed by atoms with Crippen LogP contribution < -0.4 is 16.0 Å². The zero-order valence-electron chi connectivity index (χ0n) is 21.6. The average Bonchev–Trinajstić information content (AvgIpc) is 3.57. The van der Waals surface area contributed by atoms with Gasteiger partial charge in [-0.1, -0.05) is 12.1 Å². The van der Waals surface area contributed by atoms with E-state index in [2.05, 4.69) is 25.8 Å². The first kappa shape index (κ1) is 27.3. The van der Waals surface area contributed by atoms with Crippen molar-refractivity contribution in [1.82, 2.24) is 20.1 Å². The Labute approximate surface area is 224 Å². The molecule has 2 atom stereocenters. The van der Waals surface area contributed by atoms with Crippen molar-refractivity contribution in [2.45, 2.75) is 24.9 Å². The number of likely N-dealkylation sites (tertiary alicyclic amines) is 1. The van der Waals surface area contributed by atoms with Crippen molar-refractivity contribution in [2.75, 3.05) is 37.8 Å². The normalized spacial score (nSPS) is 15.7. The molecule has 1 aliphatic heterocycles. The van der Waals surface area contributed by atoms with Gasteiger partial charge in [-0.05, 0) is 62.5 Å². The first-order chi connectivity index (χ1) is 18.6. The topological polar surface area (TPSA) is 164 Å². The van der Waals surface area contributed by atoms with Gasteiger partial charge in [0.15, 0.2) is 0 Å². The van der Waals surface area contributed by atoms with Crippen molar-refractivity contribution in [3.8, 4) is 0 Å². The number of aldehydes is 1. The van der Waals surface area contributed by atoms with Crippen LogP contribution in [0.15, 0.2) is 48.5 Å². The van der Waals surface area contributed by atoms with Gasteiger partial charge in [-0.15, -0.1) is 0 Å². The standard InChI is InChI=1S/C27H30N6O6/c1-32(2)20-9-10-33(14-20)27(39)29-18-5-3-16(4-6-18)11-22(31-24(35)15-34)25(36)28-19-7-8-21-17(12-19)13-23(30-21)26(37)38/h3-8,12-13,15,20,22,30H,9-11,14H2,1-2H3,(H,28,36)(H,29,39)(H,31,35)(H,37,38). The summed E-state index contributed by atoms with van der Waals surface area (Å²) in [7, 11) is 3.99. The second-order valence-corrected chi connectivity index (χ2v) is 9.64. The van der Waals surface area contributed by atoms with Gasteiger partial charge in [0.1, 0.15) is 11.7 Å². The van der Waals surface area contributed by atoms with Gasteiger partial charge in [-0.3, -0.25) is 14.4 Å². The van der Waals surface area contributed by atoms with E-state index in [1.807, 2.05) is 14.1 Å². The monoisotopic (exact) mass is 534 g/mol. The fourth-order valence-electron chi connectivity index (χ4n) is 4.48. The van der Waals surface area contributed by atoms with Crippen LogP contribution in [-0.2, 0) is 20.8 Å². The molecule has 0 bridgehead atoms. The number of aromatic nitrogens is 1. The maximum Gasteiger partial charge on any atom is 0.352 e. The molecule has 1 saturated heterocycles. The number of nitrogens with one attached hydrogen (secondary N) is 4. The molecule has 12 heteroatoms. The minimum absolute atomic E-state index is 0.0161. The summed E-state index contributed by atoms with van der Waals surface area (Å²) < 4.78 is 0. The van der Waals surface area contributed by atoms with Crippen LogP contribution in [0, 0.1) is 0 Å². The van der Waals surface area contributed by atoms with Gasteiger partial charge >= 0.3 is 12.0 Å². The second-order valence-electron chi connectivity index (χ2n) is 9.64. The van der Waals surface area contributed by atoms with Crippen LogP contribution in [0.25, 0.3) is 10.9 Å². The number of nitrogens with zero attached hydrogens (tertiary/aromatic N) is 2. The third-order valence-electron chi connectivity index (χ3n) is 6.68. The molecule has 204 valence electrons. The molecule has 0 spiro atoms. The van der Waals surface area contributed by atoms with Gasteiger partial charge in [-0.2, -0.15) is 0 Å². The summed E-state index contributed by atoms with van der Waals surface area (Å²) in [5.74, 6) is -2.60. The number of carbonyl (C=O) groups excluding carboxylic acids is 4. The molecule has 12 nitrogen and oxygen atoms in total. The molecule has 0 aliphatic carbocycles. The van der Waals surface area contributed by atoms with Crippen LogP contribution in [0.2, 0.25) is 0 Å². The zero-order chi connectivity index (χ0) is 28.1. The van der Waals surface area contributed by atoms with Crippen LogP contribution in [0.3, 0.4) is 0 Å². The van der Waals surface area contributed by atoms with Crippen molar-refractivity contribution in [3.05, 3.63) is 59.8 Å². The summed E-state index contributed by atoms with van der Waals surface area (Å²) in [4.78, 5) is 66.2. The summed E-state index contributed by atoms with van der Waals surface area (Å²) in [6, 6.07) is 12.2. The Morgan fingerprint density at radius 2 is 1.79 bits per heavy atom. The number of amides is 4. The van der Waals surface area contributed by atoms with Crippen LogP contribution in [-0.4, -0.2) is 89.3 Å². The van der Waals surface area contributed by atoms with Gasteiger partial charge in [0.2, 0.25) is 12.2 Å². The lowest BCUT2D eigenvalue weighted by molar-refractivity contribution is -0.133. The SMILES string of the molecule is CN(C)C1CCN(C(=O)Nc2ccc(CC(NC(=O)C=O)C(=O)Nc3ccc4[nH]c(C(=O)O)cc4c3)cc2)C1. The largest absolute Gasteiger partial charge is 0.477 e. The summed E-state index contributed by atoms with van der Waals surface area (Å²) in [6.45, 7) is 1.33. The van der Waals surface area contributed by atoms with E-state index in [9.17, 15) is 24.0 Å². The smallest absolute Gasteiger partial charge is 0.352 e. The Kier molecular flexibility index (Phi) is 8.25. The van der Waals surface area contributed by atoms with Gasteiger partial charge in [0, 0.05) is 47.8 Å².